The third-order valence-electron chi connectivity index (χ3n) is 3.06. The lowest BCUT2D eigenvalue weighted by atomic mass is 9.94. The lowest BCUT2D eigenvalue weighted by Gasteiger charge is -2.24. The Morgan fingerprint density at radius 2 is 2.00 bits per heavy atom. The number of nitrogens with one attached hydrogen (secondary N) is 1. The van der Waals surface area contributed by atoms with Gasteiger partial charge in [-0.15, -0.1) is 0 Å². The fourth-order valence-electron chi connectivity index (χ4n) is 2.18. The molecular formula is C13H14N4O3. The van der Waals surface area contributed by atoms with Gasteiger partial charge in [0.15, 0.2) is 11.7 Å². The van der Waals surface area contributed by atoms with Gasteiger partial charge in [-0.2, -0.15) is 0 Å². The molecule has 20 heavy (non-hydrogen) atoms. The molecule has 0 amide bonds. The molecule has 0 fully saturated rings. The van der Waals surface area contributed by atoms with Crippen molar-refractivity contribution in [3.63, 3.8) is 0 Å². The maximum Gasteiger partial charge on any atom is 0.269 e. The first kappa shape index (κ1) is 13.7. The van der Waals surface area contributed by atoms with Gasteiger partial charge in [-0.05, 0) is 31.5 Å². The zero-order valence-electron chi connectivity index (χ0n) is 11.1. The number of nitrogens with two attached hydrogens (primary N) is 1. The van der Waals surface area contributed by atoms with E-state index in [-0.39, 0.29) is 17.4 Å². The van der Waals surface area contributed by atoms with Crippen molar-refractivity contribution >= 4 is 17.4 Å². The van der Waals surface area contributed by atoms with Crippen LogP contribution in [0.15, 0.2) is 40.5 Å². The van der Waals surface area contributed by atoms with Crippen LogP contribution in [0.3, 0.4) is 0 Å². The first-order chi connectivity index (χ1) is 9.40. The van der Waals surface area contributed by atoms with E-state index < -0.39 is 11.0 Å². The quantitative estimate of drug-likeness (QED) is 0.639. The van der Waals surface area contributed by atoms with Gasteiger partial charge in [-0.25, -0.2) is 4.99 Å². The van der Waals surface area contributed by atoms with Crippen LogP contribution < -0.4 is 11.1 Å². The second-order valence-corrected chi connectivity index (χ2v) is 4.49. The summed E-state index contributed by atoms with van der Waals surface area (Å²) in [5.74, 6) is 0.102. The molecule has 0 aromatic heterocycles. The number of hydrogen-bond donors (Lipinski definition) is 2. The highest BCUT2D eigenvalue weighted by Crippen LogP contribution is 2.31. The van der Waals surface area contributed by atoms with E-state index in [4.69, 9.17) is 5.73 Å². The van der Waals surface area contributed by atoms with E-state index in [9.17, 15) is 14.9 Å². The number of allylic oxidation sites excluding steroid dienone is 1. The molecule has 0 saturated heterocycles. The summed E-state index contributed by atoms with van der Waals surface area (Å²) in [6, 6.07) is 5.41. The number of carbonyl (C=O) groups is 1. The molecular weight excluding hydrogens is 260 g/mol. The highest BCUT2D eigenvalue weighted by molar-refractivity contribution is 5.98. The number of benzene rings is 1. The molecule has 1 aromatic rings. The summed E-state index contributed by atoms with van der Waals surface area (Å²) in [7, 11) is 0. The van der Waals surface area contributed by atoms with Gasteiger partial charge in [0, 0.05) is 23.4 Å². The summed E-state index contributed by atoms with van der Waals surface area (Å²) in [5.41, 5.74) is 7.51. The van der Waals surface area contributed by atoms with Crippen molar-refractivity contribution in [1.82, 2.24) is 5.32 Å². The number of rotatable bonds is 3. The Kier molecular flexibility index (Phi) is 3.51. The molecule has 0 unspecified atom stereocenters. The summed E-state index contributed by atoms with van der Waals surface area (Å²) < 4.78 is 0. The normalized spacial score (nSPS) is 18.3. The van der Waals surface area contributed by atoms with Crippen molar-refractivity contribution in [3.05, 3.63) is 51.2 Å². The number of ketones is 1. The topological polar surface area (TPSA) is 111 Å². The van der Waals surface area contributed by atoms with Gasteiger partial charge in [0.1, 0.15) is 6.04 Å². The van der Waals surface area contributed by atoms with Crippen molar-refractivity contribution in [3.8, 4) is 0 Å². The summed E-state index contributed by atoms with van der Waals surface area (Å²) >= 11 is 0. The molecule has 1 aliphatic heterocycles. The van der Waals surface area contributed by atoms with Gasteiger partial charge >= 0.3 is 0 Å². The standard InChI is InChI=1S/C13H14N4O3/c1-7-11(8(2)18)12(16-13(14)15-7)9-3-5-10(6-4-9)17(19)20/h3-6,12H,1-2H3,(H3,14,15,16)/t12-/m0/s1. The number of nitrogens with zero attached hydrogens (tertiary/aromatic N) is 2. The van der Waals surface area contributed by atoms with Crippen molar-refractivity contribution in [1.29, 1.82) is 0 Å². The van der Waals surface area contributed by atoms with Gasteiger partial charge in [0.05, 0.1) is 4.92 Å². The lowest BCUT2D eigenvalue weighted by molar-refractivity contribution is -0.384. The number of nitro groups is 1. The smallest absolute Gasteiger partial charge is 0.269 e. The molecule has 1 aromatic carbocycles. The molecule has 0 bridgehead atoms. The Morgan fingerprint density at radius 3 is 2.50 bits per heavy atom. The van der Waals surface area contributed by atoms with Crippen molar-refractivity contribution < 1.29 is 9.72 Å². The van der Waals surface area contributed by atoms with Gasteiger partial charge in [-0.1, -0.05) is 0 Å². The van der Waals surface area contributed by atoms with Gasteiger partial charge in [-0.3, -0.25) is 14.9 Å². The molecule has 1 aliphatic rings. The van der Waals surface area contributed by atoms with Crippen molar-refractivity contribution in [2.24, 2.45) is 10.7 Å². The minimum atomic E-state index is -0.533. The van der Waals surface area contributed by atoms with E-state index in [0.717, 1.165) is 0 Å². The van der Waals surface area contributed by atoms with Crippen LogP contribution in [0.2, 0.25) is 0 Å². The minimum absolute atomic E-state index is 0.00953. The Bertz CT molecular complexity index is 632. The van der Waals surface area contributed by atoms with Crippen LogP contribution in [0.4, 0.5) is 5.69 Å². The Balaban J connectivity index is 2.45. The molecule has 3 N–H and O–H groups in total. The largest absolute Gasteiger partial charge is 0.370 e. The minimum Gasteiger partial charge on any atom is -0.370 e. The summed E-state index contributed by atoms with van der Waals surface area (Å²) in [5, 5.41) is 13.5. The maximum atomic E-state index is 11.8. The summed E-state index contributed by atoms with van der Waals surface area (Å²) in [6.45, 7) is 3.20. The Hall–Kier alpha value is -2.70. The fourth-order valence-corrected chi connectivity index (χ4v) is 2.18. The predicted octanol–water partition coefficient (Wildman–Crippen LogP) is 1.42. The molecule has 0 radical (unpaired) electrons. The molecule has 1 atom stereocenters. The summed E-state index contributed by atoms with van der Waals surface area (Å²) in [6.07, 6.45) is 0. The molecule has 104 valence electrons. The van der Waals surface area contributed by atoms with E-state index in [1.807, 2.05) is 0 Å². The number of guanidine groups is 1. The molecule has 0 saturated carbocycles. The SMILES string of the molecule is CC(=O)C1=C(C)NC(N)=N[C@H]1c1ccc([N+](=O)[O-])cc1. The number of hydrogen-bond acceptors (Lipinski definition) is 6. The molecule has 7 heteroatoms. The number of carbonyl (C=O) groups excluding carboxylic acids is 1. The average Bonchev–Trinajstić information content (AvgIpc) is 2.37. The van der Waals surface area contributed by atoms with Crippen LogP contribution in [-0.4, -0.2) is 16.7 Å². The molecule has 7 nitrogen and oxygen atoms in total. The highest BCUT2D eigenvalue weighted by Gasteiger charge is 2.26. The van der Waals surface area contributed by atoms with Crippen molar-refractivity contribution in [2.45, 2.75) is 19.9 Å². The van der Waals surface area contributed by atoms with Crippen molar-refractivity contribution in [2.75, 3.05) is 0 Å². The van der Waals surface area contributed by atoms with E-state index in [0.29, 0.717) is 16.8 Å². The van der Waals surface area contributed by atoms with E-state index in [2.05, 4.69) is 10.3 Å². The van der Waals surface area contributed by atoms with Crippen LogP contribution >= 0.6 is 0 Å². The highest BCUT2D eigenvalue weighted by atomic mass is 16.6. The van der Waals surface area contributed by atoms with Gasteiger partial charge < -0.3 is 11.1 Å². The second-order valence-electron chi connectivity index (χ2n) is 4.49. The van der Waals surface area contributed by atoms with E-state index >= 15 is 0 Å². The molecule has 0 spiro atoms. The zero-order valence-corrected chi connectivity index (χ0v) is 11.1. The van der Waals surface area contributed by atoms with Gasteiger partial charge in [0.2, 0.25) is 0 Å². The number of nitro benzene ring substituents is 1. The number of non-ortho nitro benzene ring substituents is 1. The van der Waals surface area contributed by atoms with Crippen LogP contribution in [-0.2, 0) is 4.79 Å². The number of aliphatic imine (C=N–C) groups is 1. The maximum absolute atomic E-state index is 11.8. The monoisotopic (exact) mass is 274 g/mol. The fraction of sp³-hybridized carbons (Fsp3) is 0.231. The second kappa shape index (κ2) is 5.12. The average molecular weight is 274 g/mol. The van der Waals surface area contributed by atoms with Crippen LogP contribution in [0.25, 0.3) is 0 Å². The predicted molar refractivity (Wildman–Crippen MR) is 74.0 cm³/mol. The molecule has 1 heterocycles. The van der Waals surface area contributed by atoms with Gasteiger partial charge in [0.25, 0.3) is 5.69 Å². The third-order valence-corrected chi connectivity index (χ3v) is 3.06. The molecule has 0 aliphatic carbocycles. The Labute approximate surface area is 115 Å². The van der Waals surface area contributed by atoms with E-state index in [1.54, 1.807) is 19.1 Å². The third kappa shape index (κ3) is 2.51. The Morgan fingerprint density at radius 1 is 1.40 bits per heavy atom. The van der Waals surface area contributed by atoms with Crippen LogP contribution in [0, 0.1) is 10.1 Å². The first-order valence-electron chi connectivity index (χ1n) is 5.96. The molecule has 2 rings (SSSR count). The first-order valence-corrected chi connectivity index (χ1v) is 5.96. The van der Waals surface area contributed by atoms with Crippen LogP contribution in [0.1, 0.15) is 25.5 Å². The number of Topliss-reactive ketones (excluding diaryl/α,β-unsaturated/α-hetero) is 1. The van der Waals surface area contributed by atoms with E-state index in [1.165, 1.54) is 19.1 Å². The zero-order chi connectivity index (χ0) is 14.9. The lowest BCUT2D eigenvalue weighted by Crippen LogP contribution is -2.36. The van der Waals surface area contributed by atoms with Crippen LogP contribution in [0.5, 0.6) is 0 Å². The summed E-state index contributed by atoms with van der Waals surface area (Å²) in [4.78, 5) is 26.1.